The van der Waals surface area contributed by atoms with Gasteiger partial charge in [-0.05, 0) is 44.0 Å². The van der Waals surface area contributed by atoms with Gasteiger partial charge < -0.3 is 15.0 Å². The molecule has 0 aliphatic rings. The molecule has 1 amide bonds. The van der Waals surface area contributed by atoms with Gasteiger partial charge in [0.05, 0.1) is 8.95 Å². The SMILES string of the molecule is NC(=O)OS(=O)(=O)c1cc(Br)c(O)c(Br)c1. The third-order valence-corrected chi connectivity index (χ3v) is 3.88. The first kappa shape index (κ1) is 13.3. The molecule has 1 aromatic carbocycles. The Balaban J connectivity index is 3.30. The Labute approximate surface area is 108 Å². The number of carbonyl (C=O) groups excluding carboxylic acids is 1. The molecule has 9 heteroatoms. The first-order chi connectivity index (χ1) is 7.24. The number of rotatable bonds is 2. The standard InChI is InChI=1S/C7H5Br2NO5S/c8-4-1-3(2-5(9)6(4)11)16(13,14)15-7(10)12/h1-2,11H,(H2,10,12). The average Bonchev–Trinajstić information content (AvgIpc) is 2.11. The summed E-state index contributed by atoms with van der Waals surface area (Å²) >= 11 is 5.88. The third-order valence-electron chi connectivity index (χ3n) is 1.47. The lowest BCUT2D eigenvalue weighted by atomic mass is 10.3. The van der Waals surface area contributed by atoms with Gasteiger partial charge in [0.1, 0.15) is 10.6 Å². The first-order valence-electron chi connectivity index (χ1n) is 3.66. The van der Waals surface area contributed by atoms with E-state index in [1.165, 1.54) is 0 Å². The van der Waals surface area contributed by atoms with E-state index in [0.29, 0.717) is 0 Å². The van der Waals surface area contributed by atoms with Crippen molar-refractivity contribution >= 4 is 48.1 Å². The zero-order valence-corrected chi connectivity index (χ0v) is 11.5. The molecule has 3 N–H and O–H groups in total. The van der Waals surface area contributed by atoms with E-state index in [1.807, 2.05) is 0 Å². The number of halogens is 2. The van der Waals surface area contributed by atoms with E-state index in [1.54, 1.807) is 0 Å². The molecular weight excluding hydrogens is 370 g/mol. The molecule has 1 rings (SSSR count). The van der Waals surface area contributed by atoms with Gasteiger partial charge in [0.15, 0.2) is 0 Å². The van der Waals surface area contributed by atoms with Gasteiger partial charge >= 0.3 is 16.2 Å². The molecule has 6 nitrogen and oxygen atoms in total. The molecule has 0 spiro atoms. The second-order valence-corrected chi connectivity index (χ2v) is 5.85. The van der Waals surface area contributed by atoms with Crippen molar-refractivity contribution in [2.24, 2.45) is 5.73 Å². The van der Waals surface area contributed by atoms with Crippen molar-refractivity contribution in [3.05, 3.63) is 21.1 Å². The van der Waals surface area contributed by atoms with E-state index in [9.17, 15) is 18.3 Å². The van der Waals surface area contributed by atoms with Crippen molar-refractivity contribution in [2.75, 3.05) is 0 Å². The van der Waals surface area contributed by atoms with Crippen LogP contribution in [0.4, 0.5) is 4.79 Å². The summed E-state index contributed by atoms with van der Waals surface area (Å²) in [5.74, 6) is -0.168. The molecule has 0 fully saturated rings. The molecule has 0 aromatic heterocycles. The zero-order chi connectivity index (χ0) is 12.5. The number of primary amides is 1. The predicted octanol–water partition coefficient (Wildman–Crippen LogP) is 1.70. The number of phenols is 1. The monoisotopic (exact) mass is 373 g/mol. The van der Waals surface area contributed by atoms with Crippen LogP contribution in [0.2, 0.25) is 0 Å². The molecule has 16 heavy (non-hydrogen) atoms. The molecule has 0 aliphatic carbocycles. The van der Waals surface area contributed by atoms with Gasteiger partial charge in [-0.2, -0.15) is 8.42 Å². The van der Waals surface area contributed by atoms with Gasteiger partial charge in [0.25, 0.3) is 0 Å². The van der Waals surface area contributed by atoms with Crippen molar-refractivity contribution < 1.29 is 22.5 Å². The molecule has 0 unspecified atom stereocenters. The number of hydrogen-bond acceptors (Lipinski definition) is 5. The van der Waals surface area contributed by atoms with E-state index >= 15 is 0 Å². The van der Waals surface area contributed by atoms with Gasteiger partial charge in [-0.15, -0.1) is 0 Å². The number of aromatic hydroxyl groups is 1. The maximum Gasteiger partial charge on any atom is 0.420 e. The topological polar surface area (TPSA) is 107 Å². The van der Waals surface area contributed by atoms with E-state index in [4.69, 9.17) is 0 Å². The van der Waals surface area contributed by atoms with Crippen LogP contribution in [0.25, 0.3) is 0 Å². The van der Waals surface area contributed by atoms with Gasteiger partial charge in [0.2, 0.25) is 0 Å². The number of carbonyl (C=O) groups is 1. The van der Waals surface area contributed by atoms with E-state index in [2.05, 4.69) is 41.8 Å². The number of phenolic OH excluding ortho intramolecular Hbond substituents is 1. The number of amides is 1. The van der Waals surface area contributed by atoms with Gasteiger partial charge in [0, 0.05) is 0 Å². The lowest BCUT2D eigenvalue weighted by molar-refractivity contribution is 0.212. The Morgan fingerprint density at radius 1 is 1.31 bits per heavy atom. The van der Waals surface area contributed by atoms with Crippen molar-refractivity contribution in [3.63, 3.8) is 0 Å². The van der Waals surface area contributed by atoms with Gasteiger partial charge in [-0.3, -0.25) is 0 Å². The fourth-order valence-corrected chi connectivity index (χ4v) is 3.17. The molecule has 0 aliphatic heterocycles. The predicted molar refractivity (Wildman–Crippen MR) is 61.4 cm³/mol. The zero-order valence-electron chi connectivity index (χ0n) is 7.48. The van der Waals surface area contributed by atoms with E-state index < -0.39 is 16.2 Å². The number of benzene rings is 1. The van der Waals surface area contributed by atoms with Crippen LogP contribution >= 0.6 is 31.9 Å². The smallest absolute Gasteiger partial charge is 0.420 e. The second-order valence-electron chi connectivity index (χ2n) is 2.59. The maximum atomic E-state index is 11.4. The summed E-state index contributed by atoms with van der Waals surface area (Å²) in [6.07, 6.45) is -1.43. The van der Waals surface area contributed by atoms with Gasteiger partial charge in [-0.25, -0.2) is 4.79 Å². The Kier molecular flexibility index (Phi) is 3.81. The summed E-state index contributed by atoms with van der Waals surface area (Å²) in [5.41, 5.74) is 4.61. The first-order valence-corrected chi connectivity index (χ1v) is 6.65. The van der Waals surface area contributed by atoms with Crippen molar-refractivity contribution in [3.8, 4) is 5.75 Å². The van der Waals surface area contributed by atoms with Crippen LogP contribution in [0.3, 0.4) is 0 Å². The lowest BCUT2D eigenvalue weighted by Crippen LogP contribution is -2.18. The lowest BCUT2D eigenvalue weighted by Gasteiger charge is -2.06. The Hall–Kier alpha value is -0.800. The Bertz CT molecular complexity index is 519. The molecular formula is C7H5Br2NO5S. The van der Waals surface area contributed by atoms with Crippen LogP contribution in [0.5, 0.6) is 5.75 Å². The molecule has 0 bridgehead atoms. The molecule has 0 saturated heterocycles. The maximum absolute atomic E-state index is 11.4. The van der Waals surface area contributed by atoms with Crippen LogP contribution in [-0.2, 0) is 14.3 Å². The van der Waals surface area contributed by atoms with Crippen LogP contribution in [0.15, 0.2) is 26.0 Å². The van der Waals surface area contributed by atoms with Crippen LogP contribution in [0.1, 0.15) is 0 Å². The minimum absolute atomic E-state index is 0.133. The van der Waals surface area contributed by atoms with Crippen molar-refractivity contribution in [1.29, 1.82) is 0 Å². The second kappa shape index (κ2) is 4.60. The van der Waals surface area contributed by atoms with Crippen molar-refractivity contribution in [2.45, 2.75) is 4.90 Å². The Morgan fingerprint density at radius 3 is 2.12 bits per heavy atom. The summed E-state index contributed by atoms with van der Waals surface area (Å²) in [5, 5.41) is 9.36. The quantitative estimate of drug-likeness (QED) is 0.766. The highest BCUT2D eigenvalue weighted by Gasteiger charge is 2.21. The highest BCUT2D eigenvalue weighted by molar-refractivity contribution is 9.11. The summed E-state index contributed by atoms with van der Waals surface area (Å²) in [7, 11) is -4.27. The summed E-state index contributed by atoms with van der Waals surface area (Å²) in [6.45, 7) is 0. The Morgan fingerprint density at radius 2 is 1.75 bits per heavy atom. The minimum Gasteiger partial charge on any atom is -0.506 e. The van der Waals surface area contributed by atoms with Crippen LogP contribution < -0.4 is 5.73 Å². The highest BCUT2D eigenvalue weighted by atomic mass is 79.9. The van der Waals surface area contributed by atoms with Crippen LogP contribution in [0, 0.1) is 0 Å². The van der Waals surface area contributed by atoms with E-state index in [-0.39, 0.29) is 19.6 Å². The summed E-state index contributed by atoms with van der Waals surface area (Å²) in [4.78, 5) is 10.1. The number of hydrogen-bond donors (Lipinski definition) is 2. The highest BCUT2D eigenvalue weighted by Crippen LogP contribution is 2.35. The normalized spacial score (nSPS) is 11.1. The number of nitrogens with two attached hydrogens (primary N) is 1. The third kappa shape index (κ3) is 2.86. The van der Waals surface area contributed by atoms with E-state index in [0.717, 1.165) is 12.1 Å². The average molecular weight is 375 g/mol. The van der Waals surface area contributed by atoms with Crippen molar-refractivity contribution in [1.82, 2.24) is 0 Å². The fraction of sp³-hybridized carbons (Fsp3) is 0. The minimum atomic E-state index is -4.27. The fourth-order valence-electron chi connectivity index (χ4n) is 0.843. The molecule has 0 atom stereocenters. The molecule has 0 heterocycles. The molecule has 88 valence electrons. The summed E-state index contributed by atoms with van der Waals surface area (Å²) < 4.78 is 27.1. The largest absolute Gasteiger partial charge is 0.506 e. The van der Waals surface area contributed by atoms with Crippen LogP contribution in [-0.4, -0.2) is 19.6 Å². The molecule has 1 aromatic rings. The molecule has 0 radical (unpaired) electrons. The molecule has 0 saturated carbocycles. The van der Waals surface area contributed by atoms with Gasteiger partial charge in [-0.1, -0.05) is 0 Å². The summed E-state index contributed by atoms with van der Waals surface area (Å²) in [6, 6.07) is 2.16.